The Balaban J connectivity index is 1.89. The lowest BCUT2D eigenvalue weighted by molar-refractivity contribution is -0.139. The first-order valence-electron chi connectivity index (χ1n) is 6.92. The van der Waals surface area contributed by atoms with Gasteiger partial charge in [0.15, 0.2) is 6.04 Å². The minimum absolute atomic E-state index is 0.260. The number of aromatic amines is 1. The summed E-state index contributed by atoms with van der Waals surface area (Å²) < 4.78 is 0. The van der Waals surface area contributed by atoms with Crippen molar-refractivity contribution in [3.8, 4) is 0 Å². The lowest BCUT2D eigenvalue weighted by Gasteiger charge is -2.14. The zero-order chi connectivity index (χ0) is 16.4. The normalized spacial score (nSPS) is 12.0. The third-order valence-electron chi connectivity index (χ3n) is 3.51. The summed E-state index contributed by atoms with van der Waals surface area (Å²) in [6.45, 7) is 0. The van der Waals surface area contributed by atoms with Crippen molar-refractivity contribution in [1.29, 1.82) is 0 Å². The van der Waals surface area contributed by atoms with Crippen LogP contribution in [0.4, 0.5) is 0 Å². The summed E-state index contributed by atoms with van der Waals surface area (Å²) in [5.41, 5.74) is 1.41. The predicted molar refractivity (Wildman–Crippen MR) is 87.6 cm³/mol. The average Bonchev–Trinajstić information content (AvgIpc) is 2.99. The van der Waals surface area contributed by atoms with Crippen LogP contribution in [0.3, 0.4) is 0 Å². The van der Waals surface area contributed by atoms with E-state index in [0.29, 0.717) is 16.1 Å². The Labute approximate surface area is 136 Å². The second-order valence-electron chi connectivity index (χ2n) is 5.04. The van der Waals surface area contributed by atoms with Gasteiger partial charge in [-0.1, -0.05) is 54.1 Å². The van der Waals surface area contributed by atoms with Crippen LogP contribution in [0.5, 0.6) is 0 Å². The lowest BCUT2D eigenvalue weighted by Crippen LogP contribution is -2.33. The largest absolute Gasteiger partial charge is 0.479 e. The number of hydrogen-bond acceptors (Lipinski definition) is 2. The van der Waals surface area contributed by atoms with Crippen LogP contribution in [-0.4, -0.2) is 22.0 Å². The Morgan fingerprint density at radius 1 is 1.09 bits per heavy atom. The molecule has 0 spiro atoms. The van der Waals surface area contributed by atoms with Crippen molar-refractivity contribution in [3.63, 3.8) is 0 Å². The van der Waals surface area contributed by atoms with Gasteiger partial charge >= 0.3 is 5.97 Å². The fourth-order valence-electron chi connectivity index (χ4n) is 2.38. The smallest absolute Gasteiger partial charge is 0.330 e. The molecule has 116 valence electrons. The van der Waals surface area contributed by atoms with E-state index < -0.39 is 17.9 Å². The summed E-state index contributed by atoms with van der Waals surface area (Å²) in [4.78, 5) is 26.7. The molecule has 0 bridgehead atoms. The second-order valence-corrected chi connectivity index (χ2v) is 5.45. The molecule has 23 heavy (non-hydrogen) atoms. The zero-order valence-electron chi connectivity index (χ0n) is 11.9. The standard InChI is InChI=1S/C17H13ClN2O3/c18-12-8-4-7-11-9-13(19-14(11)12)16(21)20-15(17(22)23)10-5-2-1-3-6-10/h1-9,15,19H,(H,20,21)(H,22,23)/t15-/m0/s1. The van der Waals surface area contributed by atoms with E-state index in [9.17, 15) is 14.7 Å². The predicted octanol–water partition coefficient (Wildman–Crippen LogP) is 3.38. The molecule has 1 atom stereocenters. The first kappa shape index (κ1) is 15.1. The molecule has 1 aromatic heterocycles. The van der Waals surface area contributed by atoms with Crippen molar-refractivity contribution >= 4 is 34.4 Å². The van der Waals surface area contributed by atoms with Crippen LogP contribution in [-0.2, 0) is 4.79 Å². The first-order valence-corrected chi connectivity index (χ1v) is 7.30. The molecule has 0 saturated carbocycles. The summed E-state index contributed by atoms with van der Waals surface area (Å²) >= 11 is 6.07. The van der Waals surface area contributed by atoms with Crippen LogP contribution in [0, 0.1) is 0 Å². The third-order valence-corrected chi connectivity index (χ3v) is 3.82. The fraction of sp³-hybridized carbons (Fsp3) is 0.0588. The van der Waals surface area contributed by atoms with Gasteiger partial charge in [0.05, 0.1) is 10.5 Å². The van der Waals surface area contributed by atoms with Crippen LogP contribution in [0.1, 0.15) is 22.1 Å². The number of carboxylic acid groups (broad SMARTS) is 1. The number of halogens is 1. The summed E-state index contributed by atoms with van der Waals surface area (Å²) in [7, 11) is 0. The Kier molecular flexibility index (Phi) is 4.04. The Hall–Kier alpha value is -2.79. The summed E-state index contributed by atoms with van der Waals surface area (Å²) in [5, 5.41) is 13.2. The summed E-state index contributed by atoms with van der Waals surface area (Å²) in [5.74, 6) is -1.63. The number of hydrogen-bond donors (Lipinski definition) is 3. The van der Waals surface area contributed by atoms with E-state index in [4.69, 9.17) is 11.6 Å². The molecule has 0 aliphatic rings. The van der Waals surface area contributed by atoms with E-state index in [1.54, 1.807) is 48.5 Å². The summed E-state index contributed by atoms with van der Waals surface area (Å²) in [6, 6.07) is 14.4. The number of carbonyl (C=O) groups is 2. The van der Waals surface area contributed by atoms with E-state index in [1.807, 2.05) is 6.07 Å². The minimum atomic E-state index is -1.13. The van der Waals surface area contributed by atoms with Gasteiger partial charge in [-0.15, -0.1) is 0 Å². The minimum Gasteiger partial charge on any atom is -0.479 e. The van der Waals surface area contributed by atoms with Crippen LogP contribution in [0.25, 0.3) is 10.9 Å². The van der Waals surface area contributed by atoms with Crippen LogP contribution in [0.2, 0.25) is 5.02 Å². The second kappa shape index (κ2) is 6.14. The van der Waals surface area contributed by atoms with Gasteiger partial charge in [0.2, 0.25) is 0 Å². The molecule has 0 fully saturated rings. The van der Waals surface area contributed by atoms with Crippen molar-refractivity contribution in [1.82, 2.24) is 10.3 Å². The number of amides is 1. The fourth-order valence-corrected chi connectivity index (χ4v) is 2.61. The quantitative estimate of drug-likeness (QED) is 0.686. The number of aromatic nitrogens is 1. The molecule has 2 aromatic carbocycles. The van der Waals surface area contributed by atoms with Gasteiger partial charge < -0.3 is 15.4 Å². The number of benzene rings is 2. The maximum atomic E-state index is 12.4. The number of rotatable bonds is 4. The molecule has 0 saturated heterocycles. The van der Waals surface area contributed by atoms with E-state index in [1.165, 1.54) is 0 Å². The van der Waals surface area contributed by atoms with Gasteiger partial charge in [0.25, 0.3) is 5.91 Å². The van der Waals surface area contributed by atoms with Crippen molar-refractivity contribution in [3.05, 3.63) is 70.9 Å². The number of carboxylic acids is 1. The number of nitrogens with one attached hydrogen (secondary N) is 2. The van der Waals surface area contributed by atoms with Crippen LogP contribution in [0.15, 0.2) is 54.6 Å². The Bertz CT molecular complexity index is 874. The molecule has 1 heterocycles. The number of H-pyrrole nitrogens is 1. The van der Waals surface area contributed by atoms with Gasteiger partial charge in [0.1, 0.15) is 5.69 Å². The molecular weight excluding hydrogens is 316 g/mol. The van der Waals surface area contributed by atoms with E-state index in [0.717, 1.165) is 5.39 Å². The van der Waals surface area contributed by atoms with Gasteiger partial charge in [-0.25, -0.2) is 4.79 Å². The molecule has 3 N–H and O–H groups in total. The molecule has 0 aliphatic carbocycles. The molecule has 1 amide bonds. The van der Waals surface area contributed by atoms with Crippen molar-refractivity contribution in [2.45, 2.75) is 6.04 Å². The van der Waals surface area contributed by atoms with Gasteiger partial charge in [-0.05, 0) is 17.7 Å². The van der Waals surface area contributed by atoms with Gasteiger partial charge in [-0.2, -0.15) is 0 Å². The van der Waals surface area contributed by atoms with Gasteiger partial charge in [-0.3, -0.25) is 4.79 Å². The van der Waals surface area contributed by atoms with Crippen molar-refractivity contribution < 1.29 is 14.7 Å². The number of para-hydroxylation sites is 1. The molecule has 0 unspecified atom stereocenters. The molecule has 6 heteroatoms. The SMILES string of the molecule is O=C(N[C@H](C(=O)O)c1ccccc1)c1cc2cccc(Cl)c2[nH]1. The van der Waals surface area contributed by atoms with Crippen LogP contribution < -0.4 is 5.32 Å². The molecule has 0 radical (unpaired) electrons. The highest BCUT2D eigenvalue weighted by atomic mass is 35.5. The molecule has 3 aromatic rings. The zero-order valence-corrected chi connectivity index (χ0v) is 12.7. The van der Waals surface area contributed by atoms with E-state index in [2.05, 4.69) is 10.3 Å². The summed E-state index contributed by atoms with van der Waals surface area (Å²) in [6.07, 6.45) is 0. The number of aliphatic carboxylic acids is 1. The molecule has 5 nitrogen and oxygen atoms in total. The highest BCUT2D eigenvalue weighted by Crippen LogP contribution is 2.23. The topological polar surface area (TPSA) is 82.2 Å². The number of carbonyl (C=O) groups excluding carboxylic acids is 1. The molecular formula is C17H13ClN2O3. The van der Waals surface area contributed by atoms with E-state index in [-0.39, 0.29) is 5.69 Å². The highest BCUT2D eigenvalue weighted by Gasteiger charge is 2.23. The Morgan fingerprint density at radius 2 is 1.83 bits per heavy atom. The van der Waals surface area contributed by atoms with Crippen LogP contribution >= 0.6 is 11.6 Å². The van der Waals surface area contributed by atoms with E-state index >= 15 is 0 Å². The Morgan fingerprint density at radius 3 is 2.48 bits per heavy atom. The number of fused-ring (bicyclic) bond motifs is 1. The highest BCUT2D eigenvalue weighted by molar-refractivity contribution is 6.35. The molecule has 3 rings (SSSR count). The van der Waals surface area contributed by atoms with Crippen molar-refractivity contribution in [2.24, 2.45) is 0 Å². The lowest BCUT2D eigenvalue weighted by atomic mass is 10.1. The van der Waals surface area contributed by atoms with Gasteiger partial charge in [0, 0.05) is 5.39 Å². The first-order chi connectivity index (χ1) is 11.1. The third kappa shape index (κ3) is 3.05. The maximum absolute atomic E-state index is 12.4. The maximum Gasteiger partial charge on any atom is 0.330 e. The van der Waals surface area contributed by atoms with Crippen molar-refractivity contribution in [2.75, 3.05) is 0 Å². The average molecular weight is 329 g/mol. The molecule has 0 aliphatic heterocycles. The monoisotopic (exact) mass is 328 g/mol.